The van der Waals surface area contributed by atoms with Crippen LogP contribution < -0.4 is 5.32 Å². The standard InChI is InChI=1S/C16H20FN3/c1-3-5-15-19-14(11-16(20-15)18-10-4-2)12-6-8-13(17)9-7-12/h6-9,11H,3-5,10H2,1-2H3,(H,18,19,20). The third-order valence-electron chi connectivity index (χ3n) is 2.94. The van der Waals surface area contributed by atoms with Gasteiger partial charge in [0.2, 0.25) is 0 Å². The van der Waals surface area contributed by atoms with E-state index < -0.39 is 0 Å². The predicted octanol–water partition coefficient (Wildman–Crippen LogP) is 4.06. The number of hydrogen-bond donors (Lipinski definition) is 1. The van der Waals surface area contributed by atoms with Gasteiger partial charge in [-0.05, 0) is 37.1 Å². The summed E-state index contributed by atoms with van der Waals surface area (Å²) in [6.45, 7) is 5.10. The molecule has 0 fully saturated rings. The van der Waals surface area contributed by atoms with Crippen molar-refractivity contribution in [3.05, 3.63) is 42.0 Å². The SMILES string of the molecule is CCCNc1cc(-c2ccc(F)cc2)nc(CCC)n1. The Labute approximate surface area is 119 Å². The van der Waals surface area contributed by atoms with Crippen molar-refractivity contribution >= 4 is 5.82 Å². The van der Waals surface area contributed by atoms with Gasteiger partial charge in [0.15, 0.2) is 0 Å². The Bertz CT molecular complexity index is 552. The van der Waals surface area contributed by atoms with E-state index in [-0.39, 0.29) is 5.82 Å². The Kier molecular flexibility index (Phi) is 5.04. The number of rotatable bonds is 6. The first-order valence-corrected chi connectivity index (χ1v) is 7.10. The molecule has 1 N–H and O–H groups in total. The van der Waals surface area contributed by atoms with Crippen LogP contribution in [0.1, 0.15) is 32.5 Å². The molecule has 3 nitrogen and oxygen atoms in total. The van der Waals surface area contributed by atoms with Crippen LogP contribution in [0.25, 0.3) is 11.3 Å². The van der Waals surface area contributed by atoms with Crippen molar-refractivity contribution < 1.29 is 4.39 Å². The molecule has 1 aromatic heterocycles. The van der Waals surface area contributed by atoms with Crippen LogP contribution in [-0.4, -0.2) is 16.5 Å². The van der Waals surface area contributed by atoms with E-state index in [1.807, 2.05) is 6.07 Å². The Morgan fingerprint density at radius 1 is 1.05 bits per heavy atom. The number of anilines is 1. The Morgan fingerprint density at radius 2 is 1.80 bits per heavy atom. The summed E-state index contributed by atoms with van der Waals surface area (Å²) in [5, 5.41) is 3.29. The van der Waals surface area contributed by atoms with Crippen molar-refractivity contribution in [3.8, 4) is 11.3 Å². The van der Waals surface area contributed by atoms with Gasteiger partial charge in [-0.1, -0.05) is 13.8 Å². The van der Waals surface area contributed by atoms with Gasteiger partial charge in [0.1, 0.15) is 17.5 Å². The van der Waals surface area contributed by atoms with Gasteiger partial charge in [0.25, 0.3) is 0 Å². The van der Waals surface area contributed by atoms with Crippen LogP contribution in [0.15, 0.2) is 30.3 Å². The Balaban J connectivity index is 2.34. The zero-order chi connectivity index (χ0) is 14.4. The minimum Gasteiger partial charge on any atom is -0.370 e. The van der Waals surface area contributed by atoms with Crippen LogP contribution in [-0.2, 0) is 6.42 Å². The highest BCUT2D eigenvalue weighted by molar-refractivity contribution is 5.62. The highest BCUT2D eigenvalue weighted by Gasteiger charge is 2.06. The lowest BCUT2D eigenvalue weighted by Gasteiger charge is -2.09. The summed E-state index contributed by atoms with van der Waals surface area (Å²) in [6, 6.07) is 8.32. The normalized spacial score (nSPS) is 10.6. The van der Waals surface area contributed by atoms with E-state index in [9.17, 15) is 4.39 Å². The molecule has 0 saturated heterocycles. The molecule has 2 rings (SSSR count). The first-order valence-electron chi connectivity index (χ1n) is 7.10. The van der Waals surface area contributed by atoms with Gasteiger partial charge in [0, 0.05) is 24.6 Å². The molecule has 0 saturated carbocycles. The minimum atomic E-state index is -0.235. The first-order chi connectivity index (χ1) is 9.72. The van der Waals surface area contributed by atoms with E-state index in [1.54, 1.807) is 12.1 Å². The number of hydrogen-bond acceptors (Lipinski definition) is 3. The highest BCUT2D eigenvalue weighted by Crippen LogP contribution is 2.20. The summed E-state index contributed by atoms with van der Waals surface area (Å²) < 4.78 is 13.0. The van der Waals surface area contributed by atoms with E-state index in [2.05, 4.69) is 29.1 Å². The molecule has 0 spiro atoms. The summed E-state index contributed by atoms with van der Waals surface area (Å²) in [4.78, 5) is 9.06. The fourth-order valence-electron chi connectivity index (χ4n) is 1.94. The van der Waals surface area contributed by atoms with Gasteiger partial charge in [-0.2, -0.15) is 0 Å². The topological polar surface area (TPSA) is 37.8 Å². The maximum absolute atomic E-state index is 13.0. The number of aromatic nitrogens is 2. The van der Waals surface area contributed by atoms with Crippen LogP contribution in [0.4, 0.5) is 10.2 Å². The fourth-order valence-corrected chi connectivity index (χ4v) is 1.94. The molecule has 0 bridgehead atoms. The number of aryl methyl sites for hydroxylation is 1. The highest BCUT2D eigenvalue weighted by atomic mass is 19.1. The molecule has 0 atom stereocenters. The molecule has 0 unspecified atom stereocenters. The van der Waals surface area contributed by atoms with E-state index in [0.29, 0.717) is 0 Å². The fraction of sp³-hybridized carbons (Fsp3) is 0.375. The molecule has 0 aliphatic heterocycles. The zero-order valence-corrected chi connectivity index (χ0v) is 12.0. The van der Waals surface area contributed by atoms with Crippen LogP contribution in [0.3, 0.4) is 0 Å². The Hall–Kier alpha value is -1.97. The molecular formula is C16H20FN3. The van der Waals surface area contributed by atoms with Crippen LogP contribution in [0.2, 0.25) is 0 Å². The molecule has 2 aromatic rings. The molecule has 106 valence electrons. The van der Waals surface area contributed by atoms with Crippen LogP contribution >= 0.6 is 0 Å². The van der Waals surface area contributed by atoms with Gasteiger partial charge < -0.3 is 5.32 Å². The molecule has 0 aliphatic rings. The summed E-state index contributed by atoms with van der Waals surface area (Å²) in [5.41, 5.74) is 1.74. The second-order valence-electron chi connectivity index (χ2n) is 4.74. The average Bonchev–Trinajstić information content (AvgIpc) is 2.46. The largest absolute Gasteiger partial charge is 0.370 e. The third-order valence-corrected chi connectivity index (χ3v) is 2.94. The quantitative estimate of drug-likeness (QED) is 0.862. The summed E-state index contributed by atoms with van der Waals surface area (Å²) in [6.07, 6.45) is 2.88. The second-order valence-corrected chi connectivity index (χ2v) is 4.74. The molecular weight excluding hydrogens is 253 g/mol. The second kappa shape index (κ2) is 6.98. The van der Waals surface area contributed by atoms with Gasteiger partial charge in [-0.15, -0.1) is 0 Å². The number of benzene rings is 1. The van der Waals surface area contributed by atoms with Crippen LogP contribution in [0, 0.1) is 5.82 Å². The number of nitrogens with zero attached hydrogens (tertiary/aromatic N) is 2. The zero-order valence-electron chi connectivity index (χ0n) is 12.0. The lowest BCUT2D eigenvalue weighted by molar-refractivity contribution is 0.628. The van der Waals surface area contributed by atoms with Crippen molar-refractivity contribution in [1.29, 1.82) is 0 Å². The van der Waals surface area contributed by atoms with E-state index >= 15 is 0 Å². The number of halogens is 1. The Morgan fingerprint density at radius 3 is 2.45 bits per heavy atom. The van der Waals surface area contributed by atoms with Crippen molar-refractivity contribution in [2.45, 2.75) is 33.1 Å². The summed E-state index contributed by atoms with van der Waals surface area (Å²) >= 11 is 0. The van der Waals surface area contributed by atoms with Crippen molar-refractivity contribution in [3.63, 3.8) is 0 Å². The van der Waals surface area contributed by atoms with Gasteiger partial charge in [0.05, 0.1) is 5.69 Å². The molecule has 20 heavy (non-hydrogen) atoms. The first kappa shape index (κ1) is 14.4. The third kappa shape index (κ3) is 3.76. The lowest BCUT2D eigenvalue weighted by Crippen LogP contribution is -2.06. The smallest absolute Gasteiger partial charge is 0.131 e. The predicted molar refractivity (Wildman–Crippen MR) is 80.2 cm³/mol. The van der Waals surface area contributed by atoms with Crippen LogP contribution in [0.5, 0.6) is 0 Å². The van der Waals surface area contributed by atoms with E-state index in [1.165, 1.54) is 12.1 Å². The molecule has 0 radical (unpaired) electrons. The molecule has 1 heterocycles. The number of nitrogens with one attached hydrogen (secondary N) is 1. The summed E-state index contributed by atoms with van der Waals surface area (Å²) in [7, 11) is 0. The van der Waals surface area contributed by atoms with Gasteiger partial charge in [-0.25, -0.2) is 14.4 Å². The van der Waals surface area contributed by atoms with E-state index in [0.717, 1.165) is 48.7 Å². The van der Waals surface area contributed by atoms with Gasteiger partial charge >= 0.3 is 0 Å². The van der Waals surface area contributed by atoms with Gasteiger partial charge in [-0.3, -0.25) is 0 Å². The summed E-state index contributed by atoms with van der Waals surface area (Å²) in [5.74, 6) is 1.43. The van der Waals surface area contributed by atoms with Crippen molar-refractivity contribution in [2.24, 2.45) is 0 Å². The average molecular weight is 273 g/mol. The maximum Gasteiger partial charge on any atom is 0.131 e. The lowest BCUT2D eigenvalue weighted by atomic mass is 10.1. The molecule has 1 aromatic carbocycles. The minimum absolute atomic E-state index is 0.235. The molecule has 0 aliphatic carbocycles. The molecule has 4 heteroatoms. The van der Waals surface area contributed by atoms with E-state index in [4.69, 9.17) is 0 Å². The van der Waals surface area contributed by atoms with Crippen molar-refractivity contribution in [1.82, 2.24) is 9.97 Å². The van der Waals surface area contributed by atoms with Crippen molar-refractivity contribution in [2.75, 3.05) is 11.9 Å². The monoisotopic (exact) mass is 273 g/mol. The molecule has 0 amide bonds. The maximum atomic E-state index is 13.0.